The lowest BCUT2D eigenvalue weighted by atomic mass is 9.87. The van der Waals surface area contributed by atoms with Gasteiger partial charge in [0, 0.05) is 37.5 Å². The standard InChI is InChI=1S/C27H32N6O3S/c1-4-5-23(34)29-8-9-36-21-11-18-14-28-13-17(18)10-20(21)32-25-24-19-7-6-16(27(35)33(2)3)12-22(19)37-26(24)31-15-30-25/h10-11,13,15-16H,4-9,12,14H2,1-3H3,(H,29,34)(H,30,31,32)/t16-/m0/s1. The number of anilines is 2. The number of thiophene rings is 1. The number of carbonyl (C=O) groups is 2. The quantitative estimate of drug-likeness (QED) is 0.415. The summed E-state index contributed by atoms with van der Waals surface area (Å²) in [5.74, 6) is 1.65. The molecule has 0 radical (unpaired) electrons. The number of hydrogen-bond donors (Lipinski definition) is 2. The summed E-state index contributed by atoms with van der Waals surface area (Å²) in [7, 11) is 3.63. The maximum Gasteiger partial charge on any atom is 0.225 e. The zero-order valence-electron chi connectivity index (χ0n) is 21.5. The van der Waals surface area contributed by atoms with E-state index in [9.17, 15) is 9.59 Å². The van der Waals surface area contributed by atoms with Crippen LogP contribution in [0.4, 0.5) is 11.5 Å². The van der Waals surface area contributed by atoms with Crippen molar-refractivity contribution < 1.29 is 14.3 Å². The van der Waals surface area contributed by atoms with Crippen LogP contribution in [0.3, 0.4) is 0 Å². The minimum atomic E-state index is 0.00810. The molecule has 10 heteroatoms. The predicted molar refractivity (Wildman–Crippen MR) is 146 cm³/mol. The molecule has 2 amide bonds. The van der Waals surface area contributed by atoms with E-state index in [-0.39, 0.29) is 17.7 Å². The van der Waals surface area contributed by atoms with Gasteiger partial charge in [0.15, 0.2) is 0 Å². The lowest BCUT2D eigenvalue weighted by molar-refractivity contribution is -0.133. The zero-order chi connectivity index (χ0) is 25.9. The summed E-state index contributed by atoms with van der Waals surface area (Å²) in [5.41, 5.74) is 4.18. The Kier molecular flexibility index (Phi) is 7.36. The number of aliphatic imine (C=N–C) groups is 1. The molecule has 2 N–H and O–H groups in total. The van der Waals surface area contributed by atoms with Crippen molar-refractivity contribution >= 4 is 51.1 Å². The normalized spacial score (nSPS) is 15.8. The highest BCUT2D eigenvalue weighted by atomic mass is 32.1. The Bertz CT molecular complexity index is 1370. The van der Waals surface area contributed by atoms with Crippen LogP contribution in [0.25, 0.3) is 10.2 Å². The Hall–Kier alpha value is -3.53. The molecule has 37 heavy (non-hydrogen) atoms. The first-order chi connectivity index (χ1) is 17.9. The second kappa shape index (κ2) is 10.8. The summed E-state index contributed by atoms with van der Waals surface area (Å²) in [6.07, 6.45) is 7.16. The highest BCUT2D eigenvalue weighted by Gasteiger charge is 2.30. The topological polar surface area (TPSA) is 109 Å². The summed E-state index contributed by atoms with van der Waals surface area (Å²) < 4.78 is 6.12. The van der Waals surface area contributed by atoms with Crippen LogP contribution in [-0.2, 0) is 29.0 Å². The Morgan fingerprint density at radius 1 is 1.24 bits per heavy atom. The van der Waals surface area contributed by atoms with Gasteiger partial charge in [-0.05, 0) is 54.5 Å². The number of aryl methyl sites for hydroxylation is 1. The average molecular weight is 521 g/mol. The highest BCUT2D eigenvalue weighted by molar-refractivity contribution is 7.19. The molecule has 1 aliphatic carbocycles. The monoisotopic (exact) mass is 520 g/mol. The molecule has 9 nitrogen and oxygen atoms in total. The molecular formula is C27H32N6O3S. The van der Waals surface area contributed by atoms with Gasteiger partial charge in [0.05, 0.1) is 24.2 Å². The van der Waals surface area contributed by atoms with Gasteiger partial charge in [0.1, 0.15) is 29.3 Å². The second-order valence-corrected chi connectivity index (χ2v) is 10.8. The number of amides is 2. The van der Waals surface area contributed by atoms with E-state index in [2.05, 4.69) is 25.6 Å². The van der Waals surface area contributed by atoms with E-state index in [1.54, 1.807) is 22.6 Å². The first kappa shape index (κ1) is 25.1. The van der Waals surface area contributed by atoms with Crippen LogP contribution in [0.15, 0.2) is 23.5 Å². The van der Waals surface area contributed by atoms with Gasteiger partial charge in [0.25, 0.3) is 0 Å². The minimum Gasteiger partial charge on any atom is -0.490 e. The average Bonchev–Trinajstić information content (AvgIpc) is 3.50. The molecule has 5 rings (SSSR count). The number of benzene rings is 1. The molecule has 3 heterocycles. The molecule has 0 saturated carbocycles. The van der Waals surface area contributed by atoms with E-state index in [1.165, 1.54) is 10.4 Å². The van der Waals surface area contributed by atoms with Gasteiger partial charge in [-0.3, -0.25) is 14.6 Å². The SMILES string of the molecule is CCCC(=O)NCCOc1cc2c(cc1Nc1ncnc3sc4c(c13)CC[C@H](C(=O)N(C)C)C4)C=NC2. The number of nitrogens with zero attached hydrogens (tertiary/aromatic N) is 4. The van der Waals surface area contributed by atoms with E-state index in [0.717, 1.165) is 58.5 Å². The predicted octanol–water partition coefficient (Wildman–Crippen LogP) is 3.86. The van der Waals surface area contributed by atoms with Crippen molar-refractivity contribution in [1.82, 2.24) is 20.2 Å². The summed E-state index contributed by atoms with van der Waals surface area (Å²) in [5, 5.41) is 7.42. The number of aromatic nitrogens is 2. The molecule has 0 bridgehead atoms. The van der Waals surface area contributed by atoms with Gasteiger partial charge >= 0.3 is 0 Å². The van der Waals surface area contributed by atoms with Gasteiger partial charge in [-0.1, -0.05) is 6.92 Å². The summed E-state index contributed by atoms with van der Waals surface area (Å²) >= 11 is 1.65. The van der Waals surface area contributed by atoms with Crippen LogP contribution in [0.5, 0.6) is 5.75 Å². The Balaban J connectivity index is 1.40. The van der Waals surface area contributed by atoms with Crippen LogP contribution in [0.2, 0.25) is 0 Å². The number of fused-ring (bicyclic) bond motifs is 4. The second-order valence-electron chi connectivity index (χ2n) is 9.67. The number of nitrogens with one attached hydrogen (secondary N) is 2. The van der Waals surface area contributed by atoms with Crippen LogP contribution in [-0.4, -0.2) is 60.1 Å². The smallest absolute Gasteiger partial charge is 0.225 e. The van der Waals surface area contributed by atoms with E-state index < -0.39 is 0 Å². The summed E-state index contributed by atoms with van der Waals surface area (Å²) in [4.78, 5) is 41.7. The van der Waals surface area contributed by atoms with Crippen LogP contribution in [0, 0.1) is 5.92 Å². The Morgan fingerprint density at radius 3 is 2.92 bits per heavy atom. The number of ether oxygens (including phenoxy) is 1. The van der Waals surface area contributed by atoms with E-state index in [1.807, 2.05) is 39.4 Å². The number of carbonyl (C=O) groups excluding carboxylic acids is 2. The Labute approximate surface area is 220 Å². The summed E-state index contributed by atoms with van der Waals surface area (Å²) in [6.45, 7) is 3.41. The fourth-order valence-electron chi connectivity index (χ4n) is 4.93. The van der Waals surface area contributed by atoms with Gasteiger partial charge in [-0.25, -0.2) is 9.97 Å². The van der Waals surface area contributed by atoms with Crippen molar-refractivity contribution in [1.29, 1.82) is 0 Å². The van der Waals surface area contributed by atoms with Crippen molar-refractivity contribution in [2.45, 2.75) is 45.6 Å². The molecule has 0 spiro atoms. The van der Waals surface area contributed by atoms with Gasteiger partial charge in [-0.2, -0.15) is 0 Å². The van der Waals surface area contributed by atoms with Crippen molar-refractivity contribution in [2.24, 2.45) is 10.9 Å². The third-order valence-electron chi connectivity index (χ3n) is 6.78. The molecule has 2 aliphatic rings. The van der Waals surface area contributed by atoms with E-state index in [0.29, 0.717) is 31.9 Å². The lowest BCUT2D eigenvalue weighted by Gasteiger charge is -2.24. The molecule has 1 aliphatic heterocycles. The van der Waals surface area contributed by atoms with Gasteiger partial charge in [-0.15, -0.1) is 11.3 Å². The minimum absolute atomic E-state index is 0.00810. The molecule has 3 aromatic rings. The highest BCUT2D eigenvalue weighted by Crippen LogP contribution is 2.42. The molecule has 1 atom stereocenters. The molecule has 0 saturated heterocycles. The largest absolute Gasteiger partial charge is 0.490 e. The lowest BCUT2D eigenvalue weighted by Crippen LogP contribution is -2.32. The third-order valence-corrected chi connectivity index (χ3v) is 7.94. The van der Waals surface area contributed by atoms with Crippen molar-refractivity contribution in [3.8, 4) is 5.75 Å². The van der Waals surface area contributed by atoms with E-state index in [4.69, 9.17) is 4.74 Å². The molecule has 0 fully saturated rings. The fraction of sp³-hybridized carbons (Fsp3) is 0.444. The molecule has 194 valence electrons. The van der Waals surface area contributed by atoms with Crippen molar-refractivity contribution in [2.75, 3.05) is 32.6 Å². The van der Waals surface area contributed by atoms with Crippen LogP contribution >= 0.6 is 11.3 Å². The van der Waals surface area contributed by atoms with Crippen LogP contribution in [0.1, 0.15) is 47.8 Å². The third kappa shape index (κ3) is 5.29. The first-order valence-corrected chi connectivity index (χ1v) is 13.6. The maximum atomic E-state index is 12.6. The molecule has 0 unspecified atom stereocenters. The van der Waals surface area contributed by atoms with E-state index >= 15 is 0 Å². The van der Waals surface area contributed by atoms with Gasteiger partial charge in [0.2, 0.25) is 11.8 Å². The zero-order valence-corrected chi connectivity index (χ0v) is 22.3. The Morgan fingerprint density at radius 2 is 2.11 bits per heavy atom. The maximum absolute atomic E-state index is 12.6. The molecule has 1 aromatic carbocycles. The van der Waals surface area contributed by atoms with Crippen LogP contribution < -0.4 is 15.4 Å². The first-order valence-electron chi connectivity index (χ1n) is 12.7. The summed E-state index contributed by atoms with van der Waals surface area (Å²) in [6, 6.07) is 4.05. The van der Waals surface area contributed by atoms with Crippen molar-refractivity contribution in [3.63, 3.8) is 0 Å². The number of rotatable bonds is 9. The van der Waals surface area contributed by atoms with Gasteiger partial charge < -0.3 is 20.3 Å². The fourth-order valence-corrected chi connectivity index (χ4v) is 6.20. The molecular weight excluding hydrogens is 488 g/mol. The molecule has 2 aromatic heterocycles. The number of hydrogen-bond acceptors (Lipinski definition) is 8. The van der Waals surface area contributed by atoms with Crippen molar-refractivity contribution in [3.05, 3.63) is 40.0 Å².